The molecule has 1 atom stereocenters. The number of para-hydroxylation sites is 1. The van der Waals surface area contributed by atoms with Crippen LogP contribution >= 0.6 is 35.6 Å². The van der Waals surface area contributed by atoms with Gasteiger partial charge in [-0.2, -0.15) is 12.6 Å². The molecule has 0 radical (unpaired) electrons. The number of likely N-dealkylation sites (N-methyl/N-ethyl adjacent to an activating group) is 1. The van der Waals surface area contributed by atoms with Gasteiger partial charge in [0.25, 0.3) is 5.91 Å². The molecule has 1 saturated heterocycles. The van der Waals surface area contributed by atoms with Gasteiger partial charge in [-0.15, -0.1) is 11.3 Å². The second-order valence-electron chi connectivity index (χ2n) is 10.9. The second-order valence-corrected chi connectivity index (χ2v) is 13.0. The number of anilines is 1. The Morgan fingerprint density at radius 2 is 1.94 bits per heavy atom. The molecule has 1 fully saturated rings. The van der Waals surface area contributed by atoms with Crippen LogP contribution in [0, 0.1) is 0 Å². The Balaban J connectivity index is 0.000000240. The van der Waals surface area contributed by atoms with E-state index in [4.69, 9.17) is 31.8 Å². The molecule has 0 saturated carbocycles. The fraction of sp³-hybridized carbons (Fsp3) is 0.353. The number of nitrogens with one attached hydrogen (secondary N) is 2. The number of likely N-dealkylation sites (tertiary alicyclic amines) is 1. The third-order valence-corrected chi connectivity index (χ3v) is 9.91. The molecule has 5 rings (SSSR count). The van der Waals surface area contributed by atoms with Gasteiger partial charge in [0.2, 0.25) is 12.8 Å². The first-order valence-electron chi connectivity index (χ1n) is 15.4. The Morgan fingerprint density at radius 3 is 2.60 bits per heavy atom. The van der Waals surface area contributed by atoms with Gasteiger partial charge in [-0.05, 0) is 48.7 Å². The molecule has 10 nitrogen and oxygen atoms in total. The lowest BCUT2D eigenvalue weighted by Crippen LogP contribution is -2.56. The number of rotatable bonds is 13. The lowest BCUT2D eigenvalue weighted by atomic mass is 9.90. The summed E-state index contributed by atoms with van der Waals surface area (Å²) >= 11 is 12.3. The maximum absolute atomic E-state index is 12.7. The summed E-state index contributed by atoms with van der Waals surface area (Å²) in [7, 11) is 1.60. The molecular weight excluding hydrogens is 658 g/mol. The molecule has 1 aromatic heterocycles. The standard InChI is InChI=1S/C21H20ClN3O3S.C13H20N2O2S/c1-23-20(27)21(9-11-25(13-26)12-10-21)28-17-8-3-2-5-14(17)19-24-16-7-4-6-15(22)18(16)29-19;1-2-12(18)7-10-3-4-11(17-6-5-14)8-13(10)15-9-16/h2-8,13H,9-12H2,1H3,(H,23,27);3-4,8-9,12,18H,2,5-7,14H2,1H3,(H,15,16). The van der Waals surface area contributed by atoms with Crippen LogP contribution in [0.15, 0.2) is 60.7 Å². The molecule has 0 aliphatic carbocycles. The van der Waals surface area contributed by atoms with Crippen molar-refractivity contribution in [2.45, 2.75) is 43.5 Å². The molecular formula is C34H40ClN5O5S2. The lowest BCUT2D eigenvalue weighted by molar-refractivity contribution is -0.142. The quantitative estimate of drug-likeness (QED) is 0.106. The van der Waals surface area contributed by atoms with Gasteiger partial charge in [-0.25, -0.2) is 4.98 Å². The number of carbonyl (C=O) groups is 3. The molecule has 1 aliphatic rings. The highest BCUT2D eigenvalue weighted by molar-refractivity contribution is 7.80. The predicted molar refractivity (Wildman–Crippen MR) is 192 cm³/mol. The Bertz CT molecular complexity index is 1660. The number of benzene rings is 3. The second kappa shape index (κ2) is 17.4. The van der Waals surface area contributed by atoms with Crippen molar-refractivity contribution in [2.24, 2.45) is 5.73 Å². The van der Waals surface area contributed by atoms with E-state index in [9.17, 15) is 14.4 Å². The minimum Gasteiger partial charge on any atom is -0.492 e. The molecule has 3 aromatic carbocycles. The molecule has 4 aromatic rings. The Kier molecular flexibility index (Phi) is 13.3. The number of amides is 3. The van der Waals surface area contributed by atoms with Gasteiger partial charge in [0.05, 0.1) is 20.8 Å². The number of aromatic nitrogens is 1. The van der Waals surface area contributed by atoms with Gasteiger partial charge >= 0.3 is 0 Å². The Morgan fingerprint density at radius 1 is 1.17 bits per heavy atom. The molecule has 2 heterocycles. The highest BCUT2D eigenvalue weighted by atomic mass is 35.5. The van der Waals surface area contributed by atoms with Gasteiger partial charge in [0.15, 0.2) is 5.60 Å². The molecule has 0 spiro atoms. The summed E-state index contributed by atoms with van der Waals surface area (Å²) in [5, 5.41) is 7.14. The van der Waals surface area contributed by atoms with E-state index in [0.29, 0.717) is 62.0 Å². The lowest BCUT2D eigenvalue weighted by Gasteiger charge is -2.39. The van der Waals surface area contributed by atoms with Gasteiger partial charge in [0.1, 0.15) is 23.1 Å². The minimum atomic E-state index is -1.03. The van der Waals surface area contributed by atoms with Gasteiger partial charge in [-0.3, -0.25) is 14.4 Å². The molecule has 13 heteroatoms. The van der Waals surface area contributed by atoms with Crippen LogP contribution in [0.1, 0.15) is 31.7 Å². The molecule has 250 valence electrons. The number of thiol groups is 1. The van der Waals surface area contributed by atoms with E-state index < -0.39 is 5.60 Å². The summed E-state index contributed by atoms with van der Waals surface area (Å²) in [5.41, 5.74) is 7.82. The number of hydrogen-bond donors (Lipinski definition) is 4. The fourth-order valence-corrected chi connectivity index (χ4v) is 6.65. The van der Waals surface area contributed by atoms with Crippen LogP contribution < -0.4 is 25.8 Å². The van der Waals surface area contributed by atoms with Crippen molar-refractivity contribution >= 4 is 70.2 Å². The average Bonchev–Trinajstić information content (AvgIpc) is 3.54. The summed E-state index contributed by atoms with van der Waals surface area (Å²) in [5.74, 6) is 1.11. The first-order chi connectivity index (χ1) is 22.8. The number of carbonyl (C=O) groups excluding carboxylic acids is 3. The van der Waals surface area contributed by atoms with Crippen LogP contribution in [0.25, 0.3) is 20.8 Å². The number of halogens is 1. The smallest absolute Gasteiger partial charge is 0.264 e. The number of nitrogens with zero attached hydrogens (tertiary/aromatic N) is 2. The van der Waals surface area contributed by atoms with E-state index in [2.05, 4.69) is 30.2 Å². The van der Waals surface area contributed by atoms with E-state index in [-0.39, 0.29) is 11.2 Å². The van der Waals surface area contributed by atoms with Crippen LogP contribution in [-0.2, 0) is 20.8 Å². The summed E-state index contributed by atoms with van der Waals surface area (Å²) in [6, 6.07) is 18.9. The van der Waals surface area contributed by atoms with Gasteiger partial charge < -0.3 is 30.7 Å². The SMILES string of the molecule is CCC(S)Cc1ccc(OCCN)cc1NC=O.CNC(=O)C1(Oc2ccccc2-c2nc3cccc(Cl)c3s2)CCN(C=O)CC1. The molecule has 3 amide bonds. The minimum absolute atomic E-state index is 0.190. The van der Waals surface area contributed by atoms with E-state index in [1.165, 1.54) is 11.3 Å². The average molecular weight is 698 g/mol. The molecule has 4 N–H and O–H groups in total. The van der Waals surface area contributed by atoms with E-state index >= 15 is 0 Å². The van der Waals surface area contributed by atoms with Crippen molar-refractivity contribution in [1.29, 1.82) is 0 Å². The number of ether oxygens (including phenoxy) is 2. The number of fused-ring (bicyclic) bond motifs is 1. The summed E-state index contributed by atoms with van der Waals surface area (Å²) in [6.45, 7) is 3.95. The van der Waals surface area contributed by atoms with Gasteiger partial charge in [0, 0.05) is 56.5 Å². The predicted octanol–water partition coefficient (Wildman–Crippen LogP) is 5.58. The van der Waals surface area contributed by atoms with Crippen LogP contribution in [-0.4, -0.2) is 72.8 Å². The van der Waals surface area contributed by atoms with Crippen molar-refractivity contribution in [3.05, 3.63) is 71.2 Å². The van der Waals surface area contributed by atoms with Crippen molar-refractivity contribution in [1.82, 2.24) is 15.2 Å². The maximum atomic E-state index is 12.7. The number of hydrogen-bond acceptors (Lipinski definition) is 9. The normalized spacial score (nSPS) is 14.4. The third kappa shape index (κ3) is 9.16. The van der Waals surface area contributed by atoms with Crippen LogP contribution in [0.3, 0.4) is 0 Å². The molecule has 47 heavy (non-hydrogen) atoms. The van der Waals surface area contributed by atoms with Gasteiger partial charge in [-0.1, -0.05) is 42.8 Å². The molecule has 1 unspecified atom stereocenters. The fourth-order valence-electron chi connectivity index (χ4n) is 5.16. The highest BCUT2D eigenvalue weighted by Crippen LogP contribution is 2.40. The first-order valence-corrected chi connectivity index (χ1v) is 17.1. The van der Waals surface area contributed by atoms with E-state index in [1.807, 2.05) is 60.7 Å². The largest absolute Gasteiger partial charge is 0.492 e. The molecule has 1 aliphatic heterocycles. The zero-order valence-electron chi connectivity index (χ0n) is 26.4. The van der Waals surface area contributed by atoms with E-state index in [1.54, 1.807) is 11.9 Å². The van der Waals surface area contributed by atoms with Crippen LogP contribution in [0.5, 0.6) is 11.5 Å². The number of nitrogens with two attached hydrogens (primary N) is 1. The van der Waals surface area contributed by atoms with Crippen LogP contribution in [0.4, 0.5) is 5.69 Å². The topological polar surface area (TPSA) is 136 Å². The molecule has 0 bridgehead atoms. The van der Waals surface area contributed by atoms with Crippen LogP contribution in [0.2, 0.25) is 5.02 Å². The van der Waals surface area contributed by atoms with Crippen molar-refractivity contribution in [2.75, 3.05) is 38.6 Å². The number of thiazole rings is 1. The maximum Gasteiger partial charge on any atom is 0.264 e. The van der Waals surface area contributed by atoms with E-state index in [0.717, 1.165) is 51.3 Å². The zero-order chi connectivity index (χ0) is 33.8. The van der Waals surface area contributed by atoms with Crippen molar-refractivity contribution < 1.29 is 23.9 Å². The first kappa shape index (κ1) is 36.0. The summed E-state index contributed by atoms with van der Waals surface area (Å²) in [6.07, 6.45) is 4.12. The third-order valence-electron chi connectivity index (χ3n) is 7.79. The summed E-state index contributed by atoms with van der Waals surface area (Å²) < 4.78 is 12.7. The Hall–Kier alpha value is -3.84. The Labute approximate surface area is 289 Å². The van der Waals surface area contributed by atoms with Crippen molar-refractivity contribution in [3.63, 3.8) is 0 Å². The highest BCUT2D eigenvalue weighted by Gasteiger charge is 2.43. The van der Waals surface area contributed by atoms with Crippen molar-refractivity contribution in [3.8, 4) is 22.1 Å². The zero-order valence-corrected chi connectivity index (χ0v) is 28.9. The summed E-state index contributed by atoms with van der Waals surface area (Å²) in [4.78, 5) is 40.8. The monoisotopic (exact) mass is 697 g/mol. The number of piperidine rings is 1.